The second kappa shape index (κ2) is 3.56. The van der Waals surface area contributed by atoms with Crippen LogP contribution in [0.3, 0.4) is 0 Å². The molecule has 2 N–H and O–H groups in total. The molecule has 0 atom stereocenters. The number of nitrogen functional groups attached to an aromatic ring is 1. The lowest BCUT2D eigenvalue weighted by molar-refractivity contribution is 0.00699. The number of carbonyl (C=O) groups is 1. The molecule has 5 nitrogen and oxygen atoms in total. The first-order valence-corrected chi connectivity index (χ1v) is 4.75. The van der Waals surface area contributed by atoms with E-state index in [0.717, 1.165) is 0 Å². The summed E-state index contributed by atoms with van der Waals surface area (Å²) >= 11 is 0. The zero-order valence-electron chi connectivity index (χ0n) is 9.79. The fourth-order valence-electron chi connectivity index (χ4n) is 1.22. The molecule has 1 aromatic heterocycles. The number of esters is 1. The van der Waals surface area contributed by atoms with Gasteiger partial charge in [-0.15, -0.1) is 0 Å². The molecule has 84 valence electrons. The van der Waals surface area contributed by atoms with Crippen LogP contribution in [0.15, 0.2) is 0 Å². The maximum atomic E-state index is 11.8. The number of ether oxygens (including phenoxy) is 1. The second-order valence-electron chi connectivity index (χ2n) is 4.47. The average Bonchev–Trinajstić information content (AvgIpc) is 2.22. The molecule has 0 unspecified atom stereocenters. The largest absolute Gasteiger partial charge is 0.456 e. The predicted octanol–water partition coefficient (Wildman–Crippen LogP) is 1.27. The van der Waals surface area contributed by atoms with Gasteiger partial charge in [0.2, 0.25) is 0 Å². The number of nitrogens with zero attached hydrogens (tertiary/aromatic N) is 2. The third kappa shape index (κ3) is 2.49. The van der Waals surface area contributed by atoms with Gasteiger partial charge in [0.05, 0.1) is 5.69 Å². The van der Waals surface area contributed by atoms with Crippen LogP contribution in [0, 0.1) is 6.92 Å². The van der Waals surface area contributed by atoms with Crippen LogP contribution >= 0.6 is 0 Å². The molecular weight excluding hydrogens is 194 g/mol. The SMILES string of the molecule is Cc1c(C(=O)OC(C)(C)C)c(N)nn1C. The highest BCUT2D eigenvalue weighted by Crippen LogP contribution is 2.19. The fourth-order valence-corrected chi connectivity index (χ4v) is 1.22. The summed E-state index contributed by atoms with van der Waals surface area (Å²) in [7, 11) is 1.74. The van der Waals surface area contributed by atoms with Gasteiger partial charge in [-0.05, 0) is 27.7 Å². The van der Waals surface area contributed by atoms with E-state index in [-0.39, 0.29) is 5.82 Å². The van der Waals surface area contributed by atoms with Crippen molar-refractivity contribution in [3.8, 4) is 0 Å². The van der Waals surface area contributed by atoms with Gasteiger partial charge in [-0.25, -0.2) is 4.79 Å². The van der Waals surface area contributed by atoms with Crippen LogP contribution in [-0.2, 0) is 11.8 Å². The van der Waals surface area contributed by atoms with E-state index in [1.54, 1.807) is 18.7 Å². The van der Waals surface area contributed by atoms with Gasteiger partial charge in [0.1, 0.15) is 11.2 Å². The first-order chi connectivity index (χ1) is 6.72. The molecule has 0 aliphatic carbocycles. The van der Waals surface area contributed by atoms with Crippen molar-refractivity contribution >= 4 is 11.8 Å². The highest BCUT2D eigenvalue weighted by atomic mass is 16.6. The smallest absolute Gasteiger partial charge is 0.344 e. The number of hydrogen-bond donors (Lipinski definition) is 1. The summed E-state index contributed by atoms with van der Waals surface area (Å²) in [5, 5.41) is 3.96. The Morgan fingerprint density at radius 2 is 2.00 bits per heavy atom. The van der Waals surface area contributed by atoms with Crippen molar-refractivity contribution in [2.24, 2.45) is 7.05 Å². The number of aromatic nitrogens is 2. The Hall–Kier alpha value is -1.52. The first kappa shape index (κ1) is 11.6. The Bertz CT molecular complexity index is 388. The minimum atomic E-state index is -0.522. The lowest BCUT2D eigenvalue weighted by Crippen LogP contribution is -2.24. The molecule has 0 aromatic carbocycles. The lowest BCUT2D eigenvalue weighted by Gasteiger charge is -2.19. The molecule has 1 aromatic rings. The number of aryl methyl sites for hydroxylation is 1. The average molecular weight is 211 g/mol. The van der Waals surface area contributed by atoms with Gasteiger partial charge in [-0.1, -0.05) is 0 Å². The molecule has 5 heteroatoms. The van der Waals surface area contributed by atoms with E-state index in [4.69, 9.17) is 10.5 Å². The van der Waals surface area contributed by atoms with Crippen LogP contribution in [0.2, 0.25) is 0 Å². The van der Waals surface area contributed by atoms with Gasteiger partial charge in [-0.3, -0.25) is 4.68 Å². The number of hydrogen-bond acceptors (Lipinski definition) is 4. The van der Waals surface area contributed by atoms with Crippen LogP contribution in [0.4, 0.5) is 5.82 Å². The number of rotatable bonds is 1. The van der Waals surface area contributed by atoms with E-state index >= 15 is 0 Å². The molecule has 0 saturated heterocycles. The van der Waals surface area contributed by atoms with Gasteiger partial charge in [-0.2, -0.15) is 5.10 Å². The van der Waals surface area contributed by atoms with E-state index in [2.05, 4.69) is 5.10 Å². The highest BCUT2D eigenvalue weighted by Gasteiger charge is 2.24. The monoisotopic (exact) mass is 211 g/mol. The van der Waals surface area contributed by atoms with E-state index < -0.39 is 11.6 Å². The van der Waals surface area contributed by atoms with Gasteiger partial charge >= 0.3 is 5.97 Å². The molecule has 0 spiro atoms. The van der Waals surface area contributed by atoms with Gasteiger partial charge in [0, 0.05) is 7.05 Å². The van der Waals surface area contributed by atoms with Crippen molar-refractivity contribution in [3.63, 3.8) is 0 Å². The molecule has 15 heavy (non-hydrogen) atoms. The standard InChI is InChI=1S/C10H17N3O2/c1-6-7(8(11)12-13(6)5)9(14)15-10(2,3)4/h1-5H3,(H2,11,12). The van der Waals surface area contributed by atoms with E-state index in [1.807, 2.05) is 20.8 Å². The van der Waals surface area contributed by atoms with Crippen LogP contribution in [0.25, 0.3) is 0 Å². The minimum Gasteiger partial charge on any atom is -0.456 e. The molecule has 0 saturated carbocycles. The Labute approximate surface area is 89.2 Å². The summed E-state index contributed by atoms with van der Waals surface area (Å²) in [6, 6.07) is 0. The van der Waals surface area contributed by atoms with Crippen molar-refractivity contribution in [2.45, 2.75) is 33.3 Å². The molecule has 1 rings (SSSR count). The highest BCUT2D eigenvalue weighted by molar-refractivity contribution is 5.95. The van der Waals surface area contributed by atoms with Crippen LogP contribution in [0.5, 0.6) is 0 Å². The molecule has 0 radical (unpaired) electrons. The van der Waals surface area contributed by atoms with Crippen LogP contribution in [0.1, 0.15) is 36.8 Å². The summed E-state index contributed by atoms with van der Waals surface area (Å²) in [6.07, 6.45) is 0. The van der Waals surface area contributed by atoms with Gasteiger partial charge in [0.15, 0.2) is 5.82 Å². The summed E-state index contributed by atoms with van der Waals surface area (Å²) < 4.78 is 6.79. The topological polar surface area (TPSA) is 70.1 Å². The lowest BCUT2D eigenvalue weighted by atomic mass is 10.2. The molecule has 1 heterocycles. The zero-order chi connectivity index (χ0) is 11.8. The summed E-state index contributed by atoms with van der Waals surface area (Å²) in [5.74, 6) is -0.213. The fraction of sp³-hybridized carbons (Fsp3) is 0.600. The zero-order valence-corrected chi connectivity index (χ0v) is 9.79. The van der Waals surface area contributed by atoms with Crippen LogP contribution < -0.4 is 5.73 Å². The Balaban J connectivity index is 3.02. The van der Waals surface area contributed by atoms with E-state index in [1.165, 1.54) is 0 Å². The second-order valence-corrected chi connectivity index (χ2v) is 4.47. The summed E-state index contributed by atoms with van der Waals surface area (Å²) in [4.78, 5) is 11.8. The Morgan fingerprint density at radius 3 is 2.33 bits per heavy atom. The summed E-state index contributed by atoms with van der Waals surface area (Å²) in [6.45, 7) is 7.22. The van der Waals surface area contributed by atoms with Crippen molar-refractivity contribution in [3.05, 3.63) is 11.3 Å². The van der Waals surface area contributed by atoms with Crippen molar-refractivity contribution in [1.82, 2.24) is 9.78 Å². The van der Waals surface area contributed by atoms with E-state index in [0.29, 0.717) is 11.3 Å². The summed E-state index contributed by atoms with van der Waals surface area (Å²) in [5.41, 5.74) is 6.17. The molecule has 0 aliphatic heterocycles. The third-order valence-electron chi connectivity index (χ3n) is 1.96. The Morgan fingerprint density at radius 1 is 1.47 bits per heavy atom. The maximum absolute atomic E-state index is 11.8. The quantitative estimate of drug-likeness (QED) is 0.710. The number of carbonyl (C=O) groups excluding carboxylic acids is 1. The van der Waals surface area contributed by atoms with Crippen LogP contribution in [-0.4, -0.2) is 21.4 Å². The molecule has 0 aliphatic rings. The van der Waals surface area contributed by atoms with Crippen molar-refractivity contribution in [1.29, 1.82) is 0 Å². The molecular formula is C10H17N3O2. The Kier molecular flexibility index (Phi) is 2.75. The number of anilines is 1. The van der Waals surface area contributed by atoms with Crippen molar-refractivity contribution < 1.29 is 9.53 Å². The predicted molar refractivity (Wildman–Crippen MR) is 57.5 cm³/mol. The normalized spacial score (nSPS) is 11.5. The molecule has 0 amide bonds. The number of nitrogens with two attached hydrogens (primary N) is 1. The molecule has 0 fully saturated rings. The van der Waals surface area contributed by atoms with Gasteiger partial charge < -0.3 is 10.5 Å². The molecule has 0 bridgehead atoms. The van der Waals surface area contributed by atoms with E-state index in [9.17, 15) is 4.79 Å². The minimum absolute atomic E-state index is 0.212. The third-order valence-corrected chi connectivity index (χ3v) is 1.96. The maximum Gasteiger partial charge on any atom is 0.344 e. The van der Waals surface area contributed by atoms with Crippen molar-refractivity contribution in [2.75, 3.05) is 5.73 Å². The van der Waals surface area contributed by atoms with Gasteiger partial charge in [0.25, 0.3) is 0 Å². The first-order valence-electron chi connectivity index (χ1n) is 4.75.